The van der Waals surface area contributed by atoms with Crippen molar-refractivity contribution in [3.63, 3.8) is 0 Å². The zero-order valence-corrected chi connectivity index (χ0v) is 8.30. The van der Waals surface area contributed by atoms with Gasteiger partial charge in [-0.2, -0.15) is 0 Å². The van der Waals surface area contributed by atoms with Crippen LogP contribution in [0.4, 0.5) is 8.78 Å². The summed E-state index contributed by atoms with van der Waals surface area (Å²) >= 11 is 0. The maximum absolute atomic E-state index is 13.2. The molecule has 0 radical (unpaired) electrons. The minimum atomic E-state index is -0.861. The van der Waals surface area contributed by atoms with E-state index in [1.807, 2.05) is 13.8 Å². The van der Waals surface area contributed by atoms with E-state index in [0.717, 1.165) is 18.6 Å². The minimum Gasteiger partial charge on any atom is -0.388 e. The number of benzene rings is 1. The highest BCUT2D eigenvalue weighted by molar-refractivity contribution is 5.21. The summed E-state index contributed by atoms with van der Waals surface area (Å²) in [6.45, 7) is 3.74. The molecule has 1 nitrogen and oxygen atoms in total. The average molecular weight is 200 g/mol. The van der Waals surface area contributed by atoms with Gasteiger partial charge in [0.05, 0.1) is 6.10 Å². The Morgan fingerprint density at radius 2 is 2.00 bits per heavy atom. The maximum Gasteiger partial charge on any atom is 0.131 e. The molecule has 0 heterocycles. The van der Waals surface area contributed by atoms with Crippen LogP contribution in [0.1, 0.15) is 31.9 Å². The van der Waals surface area contributed by atoms with Gasteiger partial charge in [-0.05, 0) is 12.0 Å². The first-order valence-electron chi connectivity index (χ1n) is 4.69. The van der Waals surface area contributed by atoms with Crippen LogP contribution in [0.5, 0.6) is 0 Å². The Morgan fingerprint density at radius 3 is 2.50 bits per heavy atom. The molecule has 1 aromatic carbocycles. The van der Waals surface area contributed by atoms with E-state index >= 15 is 0 Å². The van der Waals surface area contributed by atoms with Crippen molar-refractivity contribution in [2.45, 2.75) is 26.4 Å². The number of hydrogen-bond acceptors (Lipinski definition) is 1. The Morgan fingerprint density at radius 1 is 1.36 bits per heavy atom. The zero-order chi connectivity index (χ0) is 10.7. The van der Waals surface area contributed by atoms with Crippen LogP contribution in [0.2, 0.25) is 0 Å². The molecule has 2 atom stereocenters. The summed E-state index contributed by atoms with van der Waals surface area (Å²) in [5.41, 5.74) is 0.167. The van der Waals surface area contributed by atoms with Crippen molar-refractivity contribution in [1.82, 2.24) is 0 Å². The van der Waals surface area contributed by atoms with Crippen LogP contribution in [0.15, 0.2) is 18.2 Å². The molecule has 0 bridgehead atoms. The second-order valence-corrected chi connectivity index (χ2v) is 3.50. The molecular weight excluding hydrogens is 186 g/mol. The average Bonchev–Trinajstić information content (AvgIpc) is 2.15. The van der Waals surface area contributed by atoms with Gasteiger partial charge < -0.3 is 5.11 Å². The van der Waals surface area contributed by atoms with Gasteiger partial charge >= 0.3 is 0 Å². The third-order valence-electron chi connectivity index (χ3n) is 2.46. The molecule has 0 aliphatic heterocycles. The monoisotopic (exact) mass is 200 g/mol. The standard InChI is InChI=1S/C11H14F2O/c1-3-7(2)11(14)9-5-4-8(12)6-10(9)13/h4-7,11,14H,3H2,1-2H3. The van der Waals surface area contributed by atoms with Gasteiger partial charge in [-0.15, -0.1) is 0 Å². The number of hydrogen-bond donors (Lipinski definition) is 1. The van der Waals surface area contributed by atoms with Crippen molar-refractivity contribution >= 4 is 0 Å². The summed E-state index contributed by atoms with van der Waals surface area (Å²) in [6, 6.07) is 3.24. The summed E-state index contributed by atoms with van der Waals surface area (Å²) in [5, 5.41) is 9.70. The topological polar surface area (TPSA) is 20.2 Å². The first-order chi connectivity index (χ1) is 6.56. The fourth-order valence-electron chi connectivity index (χ4n) is 1.27. The summed E-state index contributed by atoms with van der Waals surface area (Å²) in [7, 11) is 0. The molecule has 1 N–H and O–H groups in total. The second kappa shape index (κ2) is 4.51. The van der Waals surface area contributed by atoms with Gasteiger partial charge in [-0.25, -0.2) is 8.78 Å². The van der Waals surface area contributed by atoms with Gasteiger partial charge in [0.15, 0.2) is 0 Å². The second-order valence-electron chi connectivity index (χ2n) is 3.50. The molecule has 0 aromatic heterocycles. The molecule has 14 heavy (non-hydrogen) atoms. The smallest absolute Gasteiger partial charge is 0.131 e. The van der Waals surface area contributed by atoms with E-state index in [0.29, 0.717) is 0 Å². The molecule has 0 saturated carbocycles. The van der Waals surface area contributed by atoms with E-state index in [2.05, 4.69) is 0 Å². The normalized spacial score (nSPS) is 15.2. The fraction of sp³-hybridized carbons (Fsp3) is 0.455. The highest BCUT2D eigenvalue weighted by Gasteiger charge is 2.18. The molecular formula is C11H14F2O. The van der Waals surface area contributed by atoms with Gasteiger partial charge in [0.1, 0.15) is 11.6 Å². The molecule has 2 unspecified atom stereocenters. The number of halogens is 2. The largest absolute Gasteiger partial charge is 0.388 e. The summed E-state index contributed by atoms with van der Waals surface area (Å²) in [4.78, 5) is 0. The predicted octanol–water partition coefficient (Wildman–Crippen LogP) is 3.04. The Kier molecular flexibility index (Phi) is 3.58. The van der Waals surface area contributed by atoms with Crippen LogP contribution in [0, 0.1) is 17.6 Å². The molecule has 3 heteroatoms. The molecule has 1 rings (SSSR count). The number of rotatable bonds is 3. The fourth-order valence-corrected chi connectivity index (χ4v) is 1.27. The van der Waals surface area contributed by atoms with Crippen molar-refractivity contribution in [3.8, 4) is 0 Å². The van der Waals surface area contributed by atoms with Gasteiger partial charge in [-0.3, -0.25) is 0 Å². The van der Waals surface area contributed by atoms with Crippen molar-refractivity contribution in [2.75, 3.05) is 0 Å². The van der Waals surface area contributed by atoms with E-state index in [9.17, 15) is 13.9 Å². The van der Waals surface area contributed by atoms with Gasteiger partial charge in [-0.1, -0.05) is 26.3 Å². The van der Waals surface area contributed by atoms with Crippen LogP contribution in [0.3, 0.4) is 0 Å². The number of aliphatic hydroxyl groups excluding tert-OH is 1. The molecule has 0 aliphatic carbocycles. The lowest BCUT2D eigenvalue weighted by Crippen LogP contribution is -2.10. The van der Waals surface area contributed by atoms with Crippen LogP contribution in [-0.2, 0) is 0 Å². The first kappa shape index (κ1) is 11.1. The molecule has 1 aromatic rings. The summed E-state index contributed by atoms with van der Waals surface area (Å²) in [6.07, 6.45) is -0.113. The minimum absolute atomic E-state index is 0.0324. The predicted molar refractivity (Wildman–Crippen MR) is 50.8 cm³/mol. The van der Waals surface area contributed by atoms with E-state index in [1.54, 1.807) is 0 Å². The summed E-state index contributed by atoms with van der Waals surface area (Å²) in [5.74, 6) is -1.34. The Labute approximate surface area is 82.4 Å². The van der Waals surface area contributed by atoms with Gasteiger partial charge in [0.25, 0.3) is 0 Å². The van der Waals surface area contributed by atoms with E-state index in [1.165, 1.54) is 6.07 Å². The van der Waals surface area contributed by atoms with E-state index < -0.39 is 17.7 Å². The van der Waals surface area contributed by atoms with Crippen LogP contribution >= 0.6 is 0 Å². The lowest BCUT2D eigenvalue weighted by Gasteiger charge is -2.17. The van der Waals surface area contributed by atoms with Crippen LogP contribution < -0.4 is 0 Å². The van der Waals surface area contributed by atoms with Crippen LogP contribution in [-0.4, -0.2) is 5.11 Å². The molecule has 0 fully saturated rings. The van der Waals surface area contributed by atoms with Gasteiger partial charge in [0, 0.05) is 11.6 Å². The Bertz CT molecular complexity index is 312. The van der Waals surface area contributed by atoms with Crippen molar-refractivity contribution in [1.29, 1.82) is 0 Å². The SMILES string of the molecule is CCC(C)C(O)c1ccc(F)cc1F. The van der Waals surface area contributed by atoms with Gasteiger partial charge in [0.2, 0.25) is 0 Å². The quantitative estimate of drug-likeness (QED) is 0.795. The lowest BCUT2D eigenvalue weighted by atomic mass is 9.95. The first-order valence-corrected chi connectivity index (χ1v) is 4.69. The summed E-state index contributed by atoms with van der Waals surface area (Å²) < 4.78 is 25.8. The van der Waals surface area contributed by atoms with Crippen molar-refractivity contribution in [2.24, 2.45) is 5.92 Å². The highest BCUT2D eigenvalue weighted by Crippen LogP contribution is 2.26. The molecule has 0 aliphatic rings. The van der Waals surface area contributed by atoms with E-state index in [4.69, 9.17) is 0 Å². The molecule has 78 valence electrons. The van der Waals surface area contributed by atoms with Crippen molar-refractivity contribution in [3.05, 3.63) is 35.4 Å². The Hall–Kier alpha value is -0.960. The third kappa shape index (κ3) is 2.29. The Balaban J connectivity index is 2.95. The van der Waals surface area contributed by atoms with E-state index in [-0.39, 0.29) is 11.5 Å². The molecule has 0 saturated heterocycles. The molecule has 0 amide bonds. The van der Waals surface area contributed by atoms with Crippen LogP contribution in [0.25, 0.3) is 0 Å². The molecule has 0 spiro atoms. The zero-order valence-electron chi connectivity index (χ0n) is 8.30. The lowest BCUT2D eigenvalue weighted by molar-refractivity contribution is 0.111. The third-order valence-corrected chi connectivity index (χ3v) is 2.46. The maximum atomic E-state index is 13.2. The highest BCUT2D eigenvalue weighted by atomic mass is 19.1. The number of aliphatic hydroxyl groups is 1. The van der Waals surface area contributed by atoms with Crippen molar-refractivity contribution < 1.29 is 13.9 Å².